The van der Waals surface area contributed by atoms with Crippen molar-refractivity contribution in [2.24, 2.45) is 0 Å². The lowest BCUT2D eigenvalue weighted by Crippen LogP contribution is -2.29. The lowest BCUT2D eigenvalue weighted by atomic mass is 10.0. The summed E-state index contributed by atoms with van der Waals surface area (Å²) in [7, 11) is 0. The monoisotopic (exact) mass is 502 g/mol. The topological polar surface area (TPSA) is 55.0 Å². The summed E-state index contributed by atoms with van der Waals surface area (Å²) in [6, 6.07) is 22.1. The van der Waals surface area contributed by atoms with E-state index in [0.29, 0.717) is 17.1 Å². The van der Waals surface area contributed by atoms with Crippen LogP contribution in [0.5, 0.6) is 11.5 Å². The molecule has 0 aliphatic heterocycles. The molecule has 4 aromatic rings. The van der Waals surface area contributed by atoms with Gasteiger partial charge in [-0.3, -0.25) is 4.79 Å². The molecule has 1 heterocycles. The molecular formula is C30H25F3N2O2. The van der Waals surface area contributed by atoms with Crippen LogP contribution in [0.4, 0.5) is 13.2 Å². The molecule has 0 saturated heterocycles. The van der Waals surface area contributed by atoms with E-state index in [1.165, 1.54) is 10.6 Å². The molecule has 188 valence electrons. The number of pyridine rings is 1. The maximum atomic E-state index is 13.8. The fraction of sp³-hybridized carbons (Fsp3) is 0.200. The molecule has 0 radical (unpaired) electrons. The number of hydrogen-bond acceptors (Lipinski definition) is 3. The molecule has 0 amide bonds. The van der Waals surface area contributed by atoms with Crippen molar-refractivity contribution >= 4 is 0 Å². The van der Waals surface area contributed by atoms with Crippen LogP contribution in [0.2, 0.25) is 0 Å². The second kappa shape index (κ2) is 10.4. The first-order chi connectivity index (χ1) is 17.6. The zero-order chi connectivity index (χ0) is 26.7. The van der Waals surface area contributed by atoms with Gasteiger partial charge in [-0.2, -0.15) is 18.4 Å². The van der Waals surface area contributed by atoms with Gasteiger partial charge < -0.3 is 9.30 Å². The van der Waals surface area contributed by atoms with Crippen molar-refractivity contribution in [2.45, 2.75) is 39.9 Å². The van der Waals surface area contributed by atoms with Crippen molar-refractivity contribution in [1.82, 2.24) is 4.57 Å². The molecule has 0 fully saturated rings. The highest BCUT2D eigenvalue weighted by atomic mass is 19.4. The van der Waals surface area contributed by atoms with Gasteiger partial charge >= 0.3 is 6.18 Å². The summed E-state index contributed by atoms with van der Waals surface area (Å²) >= 11 is 0. The summed E-state index contributed by atoms with van der Waals surface area (Å²) in [6.07, 6.45) is -4.07. The summed E-state index contributed by atoms with van der Waals surface area (Å²) in [6.45, 7) is 5.85. The minimum Gasteiger partial charge on any atom is -0.457 e. The van der Waals surface area contributed by atoms with E-state index in [4.69, 9.17) is 4.74 Å². The normalized spacial score (nSPS) is 11.3. The zero-order valence-electron chi connectivity index (χ0n) is 20.7. The third kappa shape index (κ3) is 5.44. The van der Waals surface area contributed by atoms with Gasteiger partial charge in [0.05, 0.1) is 17.8 Å². The van der Waals surface area contributed by atoms with E-state index >= 15 is 0 Å². The Morgan fingerprint density at radius 2 is 1.65 bits per heavy atom. The number of para-hydroxylation sites is 1. The van der Waals surface area contributed by atoms with E-state index in [-0.39, 0.29) is 12.2 Å². The fourth-order valence-corrected chi connectivity index (χ4v) is 4.28. The standard InChI is InChI=1S/C30H25F3N2O2/c1-4-21-7-5-6-8-28(21)37-24-13-11-22(12-14-24)27-16-26(30(31,32)33)25(17-34)29(36)35(27)18-23-10-9-19(2)15-20(23)3/h5-16H,4,18H2,1-3H3. The van der Waals surface area contributed by atoms with Crippen molar-refractivity contribution in [2.75, 3.05) is 0 Å². The van der Waals surface area contributed by atoms with Crippen LogP contribution >= 0.6 is 0 Å². The Morgan fingerprint density at radius 1 is 0.946 bits per heavy atom. The molecule has 7 heteroatoms. The lowest BCUT2D eigenvalue weighted by Gasteiger charge is -2.19. The predicted molar refractivity (Wildman–Crippen MR) is 137 cm³/mol. The Morgan fingerprint density at radius 3 is 2.27 bits per heavy atom. The van der Waals surface area contributed by atoms with E-state index in [1.807, 2.05) is 63.2 Å². The number of ether oxygens (including phenoxy) is 1. The maximum absolute atomic E-state index is 13.8. The van der Waals surface area contributed by atoms with Crippen LogP contribution in [0.1, 0.15) is 40.3 Å². The van der Waals surface area contributed by atoms with Crippen LogP contribution in [0.15, 0.2) is 77.6 Å². The molecule has 0 atom stereocenters. The summed E-state index contributed by atoms with van der Waals surface area (Å²) in [5.41, 5.74) is 1.04. The molecule has 37 heavy (non-hydrogen) atoms. The molecule has 0 bridgehead atoms. The second-order valence-electron chi connectivity index (χ2n) is 8.84. The average molecular weight is 503 g/mol. The van der Waals surface area contributed by atoms with Gasteiger partial charge in [0.25, 0.3) is 5.56 Å². The van der Waals surface area contributed by atoms with Crippen LogP contribution in [-0.2, 0) is 19.1 Å². The van der Waals surface area contributed by atoms with Crippen LogP contribution in [0, 0.1) is 25.2 Å². The van der Waals surface area contributed by atoms with E-state index < -0.39 is 22.9 Å². The zero-order valence-corrected chi connectivity index (χ0v) is 20.7. The number of nitriles is 1. The van der Waals surface area contributed by atoms with Gasteiger partial charge in [-0.05, 0) is 78.9 Å². The number of nitrogens with zero attached hydrogens (tertiary/aromatic N) is 2. The van der Waals surface area contributed by atoms with Gasteiger partial charge in [-0.15, -0.1) is 0 Å². The molecule has 4 nitrogen and oxygen atoms in total. The van der Waals surface area contributed by atoms with E-state index in [2.05, 4.69) is 0 Å². The first-order valence-corrected chi connectivity index (χ1v) is 11.8. The SMILES string of the molecule is CCc1ccccc1Oc1ccc(-c2cc(C(F)(F)F)c(C#N)c(=O)n2Cc2ccc(C)cc2C)cc1. The third-order valence-electron chi connectivity index (χ3n) is 6.28. The average Bonchev–Trinajstić information content (AvgIpc) is 2.86. The van der Waals surface area contributed by atoms with E-state index in [0.717, 1.165) is 34.7 Å². The summed E-state index contributed by atoms with van der Waals surface area (Å²) in [5.74, 6) is 1.21. The van der Waals surface area contributed by atoms with Crippen LogP contribution in [-0.4, -0.2) is 4.57 Å². The molecule has 0 saturated carbocycles. The summed E-state index contributed by atoms with van der Waals surface area (Å²) < 4.78 is 48.7. The van der Waals surface area contributed by atoms with Gasteiger partial charge in [0.15, 0.2) is 0 Å². The Hall–Kier alpha value is -4.31. The summed E-state index contributed by atoms with van der Waals surface area (Å²) in [4.78, 5) is 13.2. The van der Waals surface area contributed by atoms with Crippen molar-refractivity contribution in [3.05, 3.63) is 117 Å². The molecule has 0 spiro atoms. The quantitative estimate of drug-likeness (QED) is 0.276. The number of rotatable bonds is 6. The minimum absolute atomic E-state index is 0.0230. The Bertz CT molecular complexity index is 1550. The fourth-order valence-electron chi connectivity index (χ4n) is 4.28. The Balaban J connectivity index is 1.83. The summed E-state index contributed by atoms with van der Waals surface area (Å²) in [5, 5.41) is 9.44. The molecular weight excluding hydrogens is 477 g/mol. The van der Waals surface area contributed by atoms with Crippen molar-refractivity contribution in [3.8, 4) is 28.8 Å². The van der Waals surface area contributed by atoms with E-state index in [1.54, 1.807) is 24.3 Å². The van der Waals surface area contributed by atoms with Crippen molar-refractivity contribution in [3.63, 3.8) is 0 Å². The van der Waals surface area contributed by atoms with E-state index in [9.17, 15) is 23.2 Å². The largest absolute Gasteiger partial charge is 0.457 e. The highest BCUT2D eigenvalue weighted by molar-refractivity contribution is 5.64. The third-order valence-corrected chi connectivity index (χ3v) is 6.28. The number of aromatic nitrogens is 1. The first-order valence-electron chi connectivity index (χ1n) is 11.8. The predicted octanol–water partition coefficient (Wildman–Crippen LogP) is 7.43. The Labute approximate surface area is 213 Å². The van der Waals surface area contributed by atoms with Crippen LogP contribution in [0.25, 0.3) is 11.3 Å². The molecule has 1 aromatic heterocycles. The number of benzene rings is 3. The number of halogens is 3. The maximum Gasteiger partial charge on any atom is 0.417 e. The van der Waals surface area contributed by atoms with Crippen LogP contribution < -0.4 is 10.3 Å². The molecule has 3 aromatic carbocycles. The first kappa shape index (κ1) is 25.8. The lowest BCUT2D eigenvalue weighted by molar-refractivity contribution is -0.137. The molecule has 4 rings (SSSR count). The number of hydrogen-bond donors (Lipinski definition) is 0. The second-order valence-corrected chi connectivity index (χ2v) is 8.84. The smallest absolute Gasteiger partial charge is 0.417 e. The van der Waals surface area contributed by atoms with Gasteiger partial charge in [-0.25, -0.2) is 0 Å². The van der Waals surface area contributed by atoms with Gasteiger partial charge in [-0.1, -0.05) is 48.9 Å². The molecule has 0 unspecified atom stereocenters. The van der Waals surface area contributed by atoms with Crippen LogP contribution in [0.3, 0.4) is 0 Å². The van der Waals surface area contributed by atoms with Crippen molar-refractivity contribution < 1.29 is 17.9 Å². The highest BCUT2D eigenvalue weighted by Crippen LogP contribution is 2.35. The molecule has 0 aliphatic carbocycles. The molecule has 0 N–H and O–H groups in total. The Kier molecular flexibility index (Phi) is 7.21. The minimum atomic E-state index is -4.86. The highest BCUT2D eigenvalue weighted by Gasteiger charge is 2.36. The van der Waals surface area contributed by atoms with Gasteiger partial charge in [0.2, 0.25) is 0 Å². The van der Waals surface area contributed by atoms with Gasteiger partial charge in [0.1, 0.15) is 23.1 Å². The number of aryl methyl sites for hydroxylation is 3. The molecule has 0 aliphatic rings. The van der Waals surface area contributed by atoms with Gasteiger partial charge in [0, 0.05) is 0 Å². The van der Waals surface area contributed by atoms with Crippen molar-refractivity contribution in [1.29, 1.82) is 5.26 Å². The number of alkyl halides is 3.